The molecule has 1 rings (SSSR count). The maximum Gasteiger partial charge on any atom is 0.188 e. The molecule has 1 aromatic rings. The highest BCUT2D eigenvalue weighted by Crippen LogP contribution is 2.33. The molecule has 0 bridgehead atoms. The van der Waals surface area contributed by atoms with Gasteiger partial charge in [-0.3, -0.25) is 5.41 Å². The molecule has 0 radical (unpaired) electrons. The summed E-state index contributed by atoms with van der Waals surface area (Å²) in [6.45, 7) is 8.93. The first-order valence-electron chi connectivity index (χ1n) is 7.80. The first-order chi connectivity index (χ1) is 10.3. The van der Waals surface area contributed by atoms with E-state index in [1.807, 2.05) is 13.0 Å². The van der Waals surface area contributed by atoms with Crippen LogP contribution in [0.1, 0.15) is 57.6 Å². The maximum atomic E-state index is 8.21. The largest absolute Gasteiger partial charge is 0.497 e. The molecule has 1 N–H and O–H groups in total. The van der Waals surface area contributed by atoms with Crippen LogP contribution in [0.4, 0.5) is 0 Å². The van der Waals surface area contributed by atoms with Crippen LogP contribution in [0.25, 0.3) is 0 Å². The second-order valence-corrected chi connectivity index (χ2v) is 6.80. The molecule has 0 fully saturated rings. The van der Waals surface area contributed by atoms with Crippen LogP contribution < -0.4 is 4.74 Å². The molecule has 0 heterocycles. The van der Waals surface area contributed by atoms with Crippen LogP contribution in [-0.2, 0) is 10.2 Å². The van der Waals surface area contributed by atoms with Crippen LogP contribution in [0.5, 0.6) is 5.75 Å². The van der Waals surface area contributed by atoms with E-state index < -0.39 is 0 Å². The fraction of sp³-hybridized carbons (Fsp3) is 0.611. The van der Waals surface area contributed by atoms with Crippen molar-refractivity contribution in [2.24, 2.45) is 0 Å². The van der Waals surface area contributed by atoms with Gasteiger partial charge in [0.05, 0.1) is 19.6 Å². The third-order valence-corrected chi connectivity index (χ3v) is 3.94. The van der Waals surface area contributed by atoms with Crippen molar-refractivity contribution in [2.45, 2.75) is 51.9 Å². The number of hydrogen-bond acceptors (Lipinski definition) is 3. The summed E-state index contributed by atoms with van der Waals surface area (Å²) in [6, 6.07) is 6.23. The lowest BCUT2D eigenvalue weighted by atomic mass is 9.83. The molecular weight excluding hydrogens is 298 g/mol. The molecule has 0 amide bonds. The Hall–Kier alpha value is -1.22. The van der Waals surface area contributed by atoms with Crippen LogP contribution in [-0.4, -0.2) is 25.5 Å². The standard InChI is InChI=1S/C18H28ClNO2/c1-6-22-17(20)16(8-7-9-19)13-10-14(18(2,3)4)12-15(11-13)21-5/h10-12,16,20H,6-9H2,1-5H3. The predicted octanol–water partition coefficient (Wildman–Crippen LogP) is 5.11. The molecule has 0 aliphatic rings. The zero-order valence-electron chi connectivity index (χ0n) is 14.3. The van der Waals surface area contributed by atoms with Crippen molar-refractivity contribution in [1.82, 2.24) is 0 Å². The Morgan fingerprint density at radius 3 is 2.45 bits per heavy atom. The number of nitrogens with one attached hydrogen (secondary N) is 1. The summed E-state index contributed by atoms with van der Waals surface area (Å²) < 4.78 is 10.9. The number of hydrogen-bond donors (Lipinski definition) is 1. The summed E-state index contributed by atoms with van der Waals surface area (Å²) >= 11 is 5.84. The molecule has 0 aliphatic heterocycles. The highest BCUT2D eigenvalue weighted by Gasteiger charge is 2.22. The molecule has 0 spiro atoms. The number of benzene rings is 1. The fourth-order valence-electron chi connectivity index (χ4n) is 2.36. The maximum absolute atomic E-state index is 8.21. The molecule has 1 atom stereocenters. The third-order valence-electron chi connectivity index (χ3n) is 3.68. The molecule has 0 aliphatic carbocycles. The Labute approximate surface area is 139 Å². The zero-order chi connectivity index (χ0) is 16.8. The zero-order valence-corrected chi connectivity index (χ0v) is 15.1. The van der Waals surface area contributed by atoms with E-state index in [4.69, 9.17) is 26.5 Å². The Kier molecular flexibility index (Phi) is 7.21. The Morgan fingerprint density at radius 1 is 1.27 bits per heavy atom. The van der Waals surface area contributed by atoms with Crippen molar-refractivity contribution in [3.05, 3.63) is 29.3 Å². The van der Waals surface area contributed by atoms with Crippen molar-refractivity contribution in [1.29, 1.82) is 5.41 Å². The van der Waals surface area contributed by atoms with Crippen molar-refractivity contribution >= 4 is 17.5 Å². The lowest BCUT2D eigenvalue weighted by molar-refractivity contribution is 0.305. The van der Waals surface area contributed by atoms with E-state index in [-0.39, 0.29) is 11.3 Å². The van der Waals surface area contributed by atoms with Crippen LogP contribution >= 0.6 is 11.6 Å². The minimum atomic E-state index is -0.0742. The Bertz CT molecular complexity index is 494. The van der Waals surface area contributed by atoms with Crippen LogP contribution in [0, 0.1) is 5.41 Å². The molecule has 0 saturated carbocycles. The van der Waals surface area contributed by atoms with E-state index in [1.165, 1.54) is 5.56 Å². The average Bonchev–Trinajstić information content (AvgIpc) is 2.46. The lowest BCUT2D eigenvalue weighted by Gasteiger charge is -2.24. The second-order valence-electron chi connectivity index (χ2n) is 6.43. The first-order valence-corrected chi connectivity index (χ1v) is 8.33. The molecule has 0 saturated heterocycles. The fourth-order valence-corrected chi connectivity index (χ4v) is 2.51. The van der Waals surface area contributed by atoms with Gasteiger partial charge in [-0.15, -0.1) is 11.6 Å². The predicted molar refractivity (Wildman–Crippen MR) is 93.7 cm³/mol. The molecule has 3 nitrogen and oxygen atoms in total. The number of methoxy groups -OCH3 is 1. The number of alkyl halides is 1. The summed E-state index contributed by atoms with van der Waals surface area (Å²) in [4.78, 5) is 0. The van der Waals surface area contributed by atoms with Gasteiger partial charge in [0.25, 0.3) is 0 Å². The van der Waals surface area contributed by atoms with Crippen molar-refractivity contribution in [3.63, 3.8) is 0 Å². The van der Waals surface area contributed by atoms with Gasteiger partial charge >= 0.3 is 0 Å². The SMILES string of the molecule is CCOC(=N)C(CCCCl)c1cc(OC)cc(C(C)(C)C)c1. The first kappa shape index (κ1) is 18.8. The van der Waals surface area contributed by atoms with Gasteiger partial charge in [0.1, 0.15) is 5.75 Å². The number of rotatable bonds is 7. The quantitative estimate of drug-likeness (QED) is 0.430. The second kappa shape index (κ2) is 8.42. The third kappa shape index (κ3) is 5.20. The van der Waals surface area contributed by atoms with Crippen molar-refractivity contribution < 1.29 is 9.47 Å². The number of halogens is 1. The highest BCUT2D eigenvalue weighted by atomic mass is 35.5. The Morgan fingerprint density at radius 2 is 1.95 bits per heavy atom. The molecule has 4 heteroatoms. The monoisotopic (exact) mass is 325 g/mol. The summed E-state index contributed by atoms with van der Waals surface area (Å²) in [6.07, 6.45) is 1.66. The van der Waals surface area contributed by atoms with Crippen LogP contribution in [0.15, 0.2) is 18.2 Å². The topological polar surface area (TPSA) is 42.3 Å². The van der Waals surface area contributed by atoms with Gasteiger partial charge in [0, 0.05) is 5.88 Å². The van der Waals surface area contributed by atoms with Crippen LogP contribution in [0.2, 0.25) is 0 Å². The summed E-state index contributed by atoms with van der Waals surface area (Å²) in [5.41, 5.74) is 2.28. The molecular formula is C18H28ClNO2. The molecule has 124 valence electrons. The summed E-state index contributed by atoms with van der Waals surface area (Å²) in [7, 11) is 1.67. The van der Waals surface area contributed by atoms with Gasteiger partial charge in [-0.1, -0.05) is 26.8 Å². The van der Waals surface area contributed by atoms with E-state index in [0.29, 0.717) is 18.4 Å². The average molecular weight is 326 g/mol. The van der Waals surface area contributed by atoms with Gasteiger partial charge in [0.15, 0.2) is 5.90 Å². The van der Waals surface area contributed by atoms with E-state index in [1.54, 1.807) is 7.11 Å². The van der Waals surface area contributed by atoms with E-state index in [2.05, 4.69) is 32.9 Å². The molecule has 1 unspecified atom stereocenters. The summed E-state index contributed by atoms with van der Waals surface area (Å²) in [5.74, 6) is 1.64. The number of ether oxygens (including phenoxy) is 2. The van der Waals surface area contributed by atoms with Gasteiger partial charge in [0.2, 0.25) is 0 Å². The van der Waals surface area contributed by atoms with E-state index >= 15 is 0 Å². The van der Waals surface area contributed by atoms with Gasteiger partial charge in [-0.05, 0) is 48.4 Å². The van der Waals surface area contributed by atoms with Gasteiger partial charge in [-0.25, -0.2) is 0 Å². The smallest absolute Gasteiger partial charge is 0.188 e. The van der Waals surface area contributed by atoms with Gasteiger partial charge < -0.3 is 9.47 Å². The van der Waals surface area contributed by atoms with E-state index in [9.17, 15) is 0 Å². The molecule has 0 aromatic heterocycles. The van der Waals surface area contributed by atoms with E-state index in [0.717, 1.165) is 24.2 Å². The van der Waals surface area contributed by atoms with Crippen LogP contribution in [0.3, 0.4) is 0 Å². The molecule has 22 heavy (non-hydrogen) atoms. The minimum Gasteiger partial charge on any atom is -0.497 e. The van der Waals surface area contributed by atoms with Crippen molar-refractivity contribution in [2.75, 3.05) is 19.6 Å². The lowest BCUT2D eigenvalue weighted by Crippen LogP contribution is -2.18. The van der Waals surface area contributed by atoms with Crippen molar-refractivity contribution in [3.8, 4) is 5.75 Å². The minimum absolute atomic E-state index is 0.0220. The molecule has 1 aromatic carbocycles. The highest BCUT2D eigenvalue weighted by molar-refractivity contribution is 6.17. The summed E-state index contributed by atoms with van der Waals surface area (Å²) in [5, 5.41) is 8.21. The van der Waals surface area contributed by atoms with Gasteiger partial charge in [-0.2, -0.15) is 0 Å². The Balaban J connectivity index is 3.24. The normalized spacial score (nSPS) is 12.8.